The van der Waals surface area contributed by atoms with E-state index in [1.807, 2.05) is 37.2 Å². The van der Waals surface area contributed by atoms with Gasteiger partial charge in [-0.25, -0.2) is 0 Å². The van der Waals surface area contributed by atoms with E-state index in [2.05, 4.69) is 5.32 Å². The lowest BCUT2D eigenvalue weighted by Gasteiger charge is -2.28. The highest BCUT2D eigenvalue weighted by Crippen LogP contribution is 2.35. The zero-order valence-electron chi connectivity index (χ0n) is 25.3. The number of benzene rings is 4. The first-order valence-corrected chi connectivity index (χ1v) is 14.8. The number of hydrogen-bond acceptors (Lipinski definition) is 6. The van der Waals surface area contributed by atoms with Gasteiger partial charge in [-0.1, -0.05) is 23.7 Å². The van der Waals surface area contributed by atoms with E-state index in [1.54, 1.807) is 73.2 Å². The standard InChI is InChI=1S/C35H31ClN4O5/c1-20-27(28-18-23(45-4)12-14-30(28)40(20)33(42)21-8-10-22(36)11-9-21)19-31(41)37-16-17-39-34(43)25-7-5-6-24-29(38(2)3)15-13-26(32(24)25)35(39)44/h5-15,18H,16-17,19H2,1-4H3,(H,37,41). The molecule has 0 unspecified atom stereocenters. The van der Waals surface area contributed by atoms with E-state index in [4.69, 9.17) is 16.3 Å². The fraction of sp³-hybridized carbons (Fsp3) is 0.200. The Kier molecular flexibility index (Phi) is 7.80. The fourth-order valence-corrected chi connectivity index (χ4v) is 6.18. The highest BCUT2D eigenvalue weighted by Gasteiger charge is 2.33. The summed E-state index contributed by atoms with van der Waals surface area (Å²) in [5.74, 6) is -0.754. The number of carbonyl (C=O) groups excluding carboxylic acids is 4. The van der Waals surface area contributed by atoms with Gasteiger partial charge in [0.25, 0.3) is 17.7 Å². The Morgan fingerprint density at radius 2 is 1.62 bits per heavy atom. The van der Waals surface area contributed by atoms with Crippen LogP contribution < -0.4 is 15.0 Å². The molecule has 45 heavy (non-hydrogen) atoms. The summed E-state index contributed by atoms with van der Waals surface area (Å²) in [7, 11) is 5.39. The number of anilines is 1. The third kappa shape index (κ3) is 5.19. The summed E-state index contributed by atoms with van der Waals surface area (Å²) >= 11 is 6.03. The molecule has 1 aromatic heterocycles. The summed E-state index contributed by atoms with van der Waals surface area (Å²) < 4.78 is 7.01. The number of amides is 3. The fourth-order valence-electron chi connectivity index (χ4n) is 6.05. The summed E-state index contributed by atoms with van der Waals surface area (Å²) in [6, 6.07) is 21.1. The number of rotatable bonds is 8. The number of hydrogen-bond donors (Lipinski definition) is 1. The third-order valence-corrected chi connectivity index (χ3v) is 8.53. The smallest absolute Gasteiger partial charge is 0.262 e. The Morgan fingerprint density at radius 3 is 2.31 bits per heavy atom. The van der Waals surface area contributed by atoms with Crippen molar-refractivity contribution in [1.29, 1.82) is 0 Å². The van der Waals surface area contributed by atoms with Crippen LogP contribution in [0.3, 0.4) is 0 Å². The van der Waals surface area contributed by atoms with E-state index in [0.29, 0.717) is 55.0 Å². The summed E-state index contributed by atoms with van der Waals surface area (Å²) in [6.45, 7) is 1.88. The van der Waals surface area contributed by atoms with E-state index in [9.17, 15) is 19.2 Å². The highest BCUT2D eigenvalue weighted by molar-refractivity contribution is 6.30. The Labute approximate surface area is 264 Å². The van der Waals surface area contributed by atoms with Crippen molar-refractivity contribution < 1.29 is 23.9 Å². The van der Waals surface area contributed by atoms with Crippen LogP contribution in [0.25, 0.3) is 21.7 Å². The maximum absolute atomic E-state index is 13.6. The van der Waals surface area contributed by atoms with Crippen molar-refractivity contribution in [3.63, 3.8) is 0 Å². The molecule has 2 heterocycles. The average Bonchev–Trinajstić information content (AvgIpc) is 3.30. The minimum Gasteiger partial charge on any atom is -0.497 e. The van der Waals surface area contributed by atoms with Gasteiger partial charge in [0, 0.05) is 76.4 Å². The molecule has 1 N–H and O–H groups in total. The Hall–Kier alpha value is -5.15. The van der Waals surface area contributed by atoms with Gasteiger partial charge in [0.15, 0.2) is 0 Å². The Bertz CT molecular complexity index is 2010. The monoisotopic (exact) mass is 622 g/mol. The van der Waals surface area contributed by atoms with Crippen LogP contribution in [0.1, 0.15) is 42.3 Å². The molecular weight excluding hydrogens is 592 g/mol. The number of carbonyl (C=O) groups is 4. The molecule has 0 bridgehead atoms. The molecule has 0 atom stereocenters. The molecule has 0 saturated heterocycles. The Morgan fingerprint density at radius 1 is 0.911 bits per heavy atom. The molecule has 0 fully saturated rings. The van der Waals surface area contributed by atoms with Gasteiger partial charge in [-0.15, -0.1) is 0 Å². The lowest BCUT2D eigenvalue weighted by Crippen LogP contribution is -2.44. The third-order valence-electron chi connectivity index (χ3n) is 8.28. The molecule has 4 aromatic carbocycles. The first-order valence-electron chi connectivity index (χ1n) is 14.4. The van der Waals surface area contributed by atoms with E-state index < -0.39 is 11.8 Å². The Balaban J connectivity index is 1.22. The maximum atomic E-state index is 13.6. The number of methoxy groups -OCH3 is 1. The van der Waals surface area contributed by atoms with Crippen LogP contribution in [-0.4, -0.2) is 67.4 Å². The molecule has 10 heteroatoms. The van der Waals surface area contributed by atoms with Crippen LogP contribution in [0.2, 0.25) is 5.02 Å². The second-order valence-electron chi connectivity index (χ2n) is 11.1. The maximum Gasteiger partial charge on any atom is 0.262 e. The molecule has 3 amide bonds. The number of aromatic nitrogens is 1. The second kappa shape index (κ2) is 11.7. The van der Waals surface area contributed by atoms with Gasteiger partial charge in [-0.05, 0) is 73.2 Å². The number of imide groups is 1. The highest BCUT2D eigenvalue weighted by atomic mass is 35.5. The summed E-state index contributed by atoms with van der Waals surface area (Å²) in [4.78, 5) is 56.8. The quantitative estimate of drug-likeness (QED) is 0.230. The van der Waals surface area contributed by atoms with Crippen LogP contribution in [0.15, 0.2) is 72.8 Å². The molecule has 0 aliphatic carbocycles. The average molecular weight is 623 g/mol. The number of ether oxygens (including phenoxy) is 1. The molecule has 228 valence electrons. The van der Waals surface area contributed by atoms with E-state index in [1.165, 1.54) is 4.90 Å². The van der Waals surface area contributed by atoms with Crippen molar-refractivity contribution in [1.82, 2.24) is 14.8 Å². The van der Waals surface area contributed by atoms with Crippen molar-refractivity contribution in [3.8, 4) is 5.75 Å². The molecule has 0 spiro atoms. The summed E-state index contributed by atoms with van der Waals surface area (Å²) in [6.07, 6.45) is -0.0201. The molecular formula is C35H31ClN4O5. The molecule has 5 aromatic rings. The number of nitrogens with one attached hydrogen (secondary N) is 1. The summed E-state index contributed by atoms with van der Waals surface area (Å²) in [5, 5.41) is 5.58. The predicted molar refractivity (Wildman–Crippen MR) is 175 cm³/mol. The van der Waals surface area contributed by atoms with Crippen molar-refractivity contribution in [2.45, 2.75) is 13.3 Å². The molecule has 0 radical (unpaired) electrons. The van der Waals surface area contributed by atoms with Crippen LogP contribution in [0.5, 0.6) is 5.75 Å². The molecule has 1 aliphatic rings. The minimum atomic E-state index is -0.394. The zero-order chi connectivity index (χ0) is 32.0. The van der Waals surface area contributed by atoms with Gasteiger partial charge in [-0.2, -0.15) is 0 Å². The van der Waals surface area contributed by atoms with Gasteiger partial charge in [-0.3, -0.25) is 28.6 Å². The van der Waals surface area contributed by atoms with Gasteiger partial charge in [0.05, 0.1) is 19.0 Å². The van der Waals surface area contributed by atoms with Gasteiger partial charge in [0.1, 0.15) is 5.75 Å². The predicted octanol–water partition coefficient (Wildman–Crippen LogP) is 5.47. The van der Waals surface area contributed by atoms with Crippen molar-refractivity contribution in [3.05, 3.63) is 106 Å². The van der Waals surface area contributed by atoms with E-state index in [-0.39, 0.29) is 31.3 Å². The van der Waals surface area contributed by atoms with Crippen LogP contribution in [0.4, 0.5) is 5.69 Å². The lowest BCUT2D eigenvalue weighted by atomic mass is 9.93. The minimum absolute atomic E-state index is 0.0122. The first-order chi connectivity index (χ1) is 21.6. The van der Waals surface area contributed by atoms with Gasteiger partial charge in [0.2, 0.25) is 5.91 Å². The normalized spacial score (nSPS) is 12.6. The zero-order valence-corrected chi connectivity index (χ0v) is 26.1. The lowest BCUT2D eigenvalue weighted by molar-refractivity contribution is -0.120. The van der Waals surface area contributed by atoms with Crippen molar-refractivity contribution >= 4 is 62.6 Å². The molecule has 0 saturated carbocycles. The molecule has 6 rings (SSSR count). The van der Waals surface area contributed by atoms with Crippen molar-refractivity contribution in [2.75, 3.05) is 39.2 Å². The van der Waals surface area contributed by atoms with E-state index >= 15 is 0 Å². The van der Waals surface area contributed by atoms with Crippen molar-refractivity contribution in [2.24, 2.45) is 0 Å². The van der Waals surface area contributed by atoms with Crippen LogP contribution in [0, 0.1) is 6.92 Å². The molecule has 9 nitrogen and oxygen atoms in total. The number of halogens is 1. The van der Waals surface area contributed by atoms with E-state index in [0.717, 1.165) is 11.1 Å². The number of fused-ring (bicyclic) bond motifs is 1. The van der Waals surface area contributed by atoms with Crippen LogP contribution in [-0.2, 0) is 11.2 Å². The van der Waals surface area contributed by atoms with Crippen LogP contribution >= 0.6 is 11.6 Å². The number of nitrogens with zero attached hydrogens (tertiary/aromatic N) is 3. The first kappa shape index (κ1) is 29.9. The topological polar surface area (TPSA) is 101 Å². The molecule has 1 aliphatic heterocycles. The van der Waals surface area contributed by atoms with Gasteiger partial charge < -0.3 is 15.0 Å². The summed E-state index contributed by atoms with van der Waals surface area (Å²) in [5.41, 5.74) is 4.23. The SMILES string of the molecule is COc1ccc2c(c1)c(CC(=O)NCCN1C(=O)c3cccc4c(N(C)C)ccc(c34)C1=O)c(C)n2C(=O)c1ccc(Cl)cc1. The largest absolute Gasteiger partial charge is 0.497 e. The second-order valence-corrected chi connectivity index (χ2v) is 11.6. The van der Waals surface area contributed by atoms with Gasteiger partial charge >= 0.3 is 0 Å².